The first-order chi connectivity index (χ1) is 7.43. The monoisotopic (exact) mass is 278 g/mol. The normalized spacial score (nSPS) is 14.9. The topological polar surface area (TPSA) is 9.23 Å². The molecule has 0 bridgehead atoms. The van der Waals surface area contributed by atoms with Gasteiger partial charge >= 0.3 is 30.2 Å². The van der Waals surface area contributed by atoms with Gasteiger partial charge < -0.3 is 4.74 Å². The minimum atomic E-state index is -6.53. The average Bonchev–Trinajstić information content (AvgIpc) is 2.13. The molecule has 0 aromatic rings. The van der Waals surface area contributed by atoms with Crippen molar-refractivity contribution >= 4 is 0 Å². The molecule has 0 spiro atoms. The van der Waals surface area contributed by atoms with Gasteiger partial charge in [0.1, 0.15) is 0 Å². The Labute approximate surface area is 86.0 Å². The summed E-state index contributed by atoms with van der Waals surface area (Å²) in [6.45, 7) is 0. The molecule has 0 fully saturated rings. The summed E-state index contributed by atoms with van der Waals surface area (Å²) in [6, 6.07) is -3.47. The van der Waals surface area contributed by atoms with Gasteiger partial charge in [-0.3, -0.25) is 0 Å². The van der Waals surface area contributed by atoms with E-state index in [4.69, 9.17) is 0 Å². The highest BCUT2D eigenvalue weighted by Crippen LogP contribution is 2.44. The second kappa shape index (κ2) is 4.84. The predicted molar refractivity (Wildman–Crippen MR) is 31.7 cm³/mol. The summed E-state index contributed by atoms with van der Waals surface area (Å²) in [4.78, 5) is 0. The van der Waals surface area contributed by atoms with Crippen molar-refractivity contribution < 1.29 is 48.6 Å². The predicted octanol–water partition coefficient (Wildman–Crippen LogP) is 4.34. The van der Waals surface area contributed by atoms with Crippen molar-refractivity contribution in [3.63, 3.8) is 0 Å². The molecular formula is C6F10O. The second-order valence-electron chi connectivity index (χ2n) is 2.30. The fraction of sp³-hybridized carbons (Fsp3) is 0.333. The molecule has 0 heterocycles. The van der Waals surface area contributed by atoms with Gasteiger partial charge in [-0.2, -0.15) is 43.9 Å². The van der Waals surface area contributed by atoms with E-state index in [1.807, 2.05) is 0 Å². The van der Waals surface area contributed by atoms with E-state index in [2.05, 4.69) is 4.74 Å². The molecule has 0 aliphatic carbocycles. The summed E-state index contributed by atoms with van der Waals surface area (Å²) in [5.41, 5.74) is 0. The van der Waals surface area contributed by atoms with Gasteiger partial charge in [0.05, 0.1) is 0 Å². The highest BCUT2D eigenvalue weighted by atomic mass is 19.4. The lowest BCUT2D eigenvalue weighted by Gasteiger charge is -2.24. The van der Waals surface area contributed by atoms with Gasteiger partial charge in [0.2, 0.25) is 0 Å². The van der Waals surface area contributed by atoms with Crippen molar-refractivity contribution in [2.24, 2.45) is 0 Å². The van der Waals surface area contributed by atoms with Crippen molar-refractivity contribution in [2.75, 3.05) is 0 Å². The van der Waals surface area contributed by atoms with E-state index in [0.717, 1.165) is 0 Å². The van der Waals surface area contributed by atoms with E-state index in [-0.39, 0.29) is 0 Å². The molecule has 0 radical (unpaired) electrons. The van der Waals surface area contributed by atoms with Crippen LogP contribution in [0, 0.1) is 0 Å². The van der Waals surface area contributed by atoms with Crippen LogP contribution in [0.3, 0.4) is 0 Å². The van der Waals surface area contributed by atoms with Gasteiger partial charge in [0.25, 0.3) is 5.83 Å². The summed E-state index contributed by atoms with van der Waals surface area (Å²) in [7, 11) is 0. The zero-order valence-electron chi connectivity index (χ0n) is 7.19. The van der Waals surface area contributed by atoms with Crippen LogP contribution >= 0.6 is 0 Å². The van der Waals surface area contributed by atoms with Crippen molar-refractivity contribution in [1.29, 1.82) is 0 Å². The minimum Gasteiger partial charge on any atom is -0.415 e. The highest BCUT2D eigenvalue weighted by molar-refractivity contribution is 5.10. The molecule has 0 aromatic heterocycles. The van der Waals surface area contributed by atoms with Gasteiger partial charge in [-0.15, -0.1) is 0 Å². The fourth-order valence-corrected chi connectivity index (χ4v) is 0.511. The van der Waals surface area contributed by atoms with E-state index in [1.54, 1.807) is 0 Å². The van der Waals surface area contributed by atoms with Crippen LogP contribution in [0.4, 0.5) is 43.9 Å². The number of hydrogen-bond acceptors (Lipinski definition) is 1. The molecule has 1 nitrogen and oxygen atoms in total. The van der Waals surface area contributed by atoms with Gasteiger partial charge in [-0.1, -0.05) is 0 Å². The summed E-state index contributed by atoms with van der Waals surface area (Å²) in [6.07, 6.45) is -14.0. The van der Waals surface area contributed by atoms with Gasteiger partial charge in [0.15, 0.2) is 0 Å². The second-order valence-corrected chi connectivity index (χ2v) is 2.30. The molecule has 0 amide bonds. The Morgan fingerprint density at radius 1 is 0.706 bits per heavy atom. The molecule has 1 atom stereocenters. The first kappa shape index (κ1) is 15.6. The van der Waals surface area contributed by atoms with Crippen LogP contribution in [0.5, 0.6) is 0 Å². The van der Waals surface area contributed by atoms with Crippen molar-refractivity contribution in [1.82, 2.24) is 0 Å². The smallest absolute Gasteiger partial charge is 0.415 e. The fourth-order valence-electron chi connectivity index (χ4n) is 0.511. The van der Waals surface area contributed by atoms with Crippen molar-refractivity contribution in [3.8, 4) is 0 Å². The molecule has 11 heteroatoms. The number of rotatable bonds is 3. The Hall–Kier alpha value is -1.42. The van der Waals surface area contributed by atoms with Crippen LogP contribution in [0.2, 0.25) is 0 Å². The largest absolute Gasteiger partial charge is 0.468 e. The number of alkyl halides is 4. The third kappa shape index (κ3) is 3.27. The molecule has 0 aromatic carbocycles. The molecule has 0 rings (SSSR count). The molecule has 17 heavy (non-hydrogen) atoms. The molecule has 0 N–H and O–H groups in total. The number of ether oxygens (including phenoxy) is 1. The molecule has 0 aliphatic rings. The molecular weight excluding hydrogens is 278 g/mol. The van der Waals surface area contributed by atoms with Crippen LogP contribution in [0.1, 0.15) is 0 Å². The van der Waals surface area contributed by atoms with Crippen molar-refractivity contribution in [3.05, 3.63) is 24.0 Å². The van der Waals surface area contributed by atoms with Crippen LogP contribution < -0.4 is 0 Å². The Kier molecular flexibility index (Phi) is 4.43. The Balaban J connectivity index is 5.62. The van der Waals surface area contributed by atoms with Gasteiger partial charge in [-0.05, 0) is 0 Å². The maximum atomic E-state index is 12.7. The van der Waals surface area contributed by atoms with E-state index in [0.29, 0.717) is 0 Å². The Morgan fingerprint density at radius 3 is 1.35 bits per heavy atom. The van der Waals surface area contributed by atoms with Crippen LogP contribution in [-0.2, 0) is 4.74 Å². The lowest BCUT2D eigenvalue weighted by molar-refractivity contribution is -0.316. The molecule has 1 unspecified atom stereocenters. The quantitative estimate of drug-likeness (QED) is 0.551. The molecule has 0 saturated heterocycles. The zero-order valence-corrected chi connectivity index (χ0v) is 7.19. The number of halogens is 10. The number of hydrogen-bond donors (Lipinski definition) is 0. The van der Waals surface area contributed by atoms with Gasteiger partial charge in [0, 0.05) is 0 Å². The summed E-state index contributed by atoms with van der Waals surface area (Å²) >= 11 is 0. The van der Waals surface area contributed by atoms with Crippen LogP contribution in [-0.4, -0.2) is 12.0 Å². The third-order valence-electron chi connectivity index (χ3n) is 1.19. The molecule has 100 valence electrons. The zero-order chi connectivity index (χ0) is 14.0. The summed E-state index contributed by atoms with van der Waals surface area (Å²) in [5.74, 6) is -9.90. The maximum absolute atomic E-state index is 12.7. The average molecular weight is 278 g/mol. The third-order valence-corrected chi connectivity index (χ3v) is 1.19. The first-order valence-corrected chi connectivity index (χ1v) is 3.30. The van der Waals surface area contributed by atoms with E-state index < -0.39 is 36.0 Å². The SMILES string of the molecule is FC(F)=C(F)OC(F)(C(F)=C(F)F)C(F)(F)F. The van der Waals surface area contributed by atoms with E-state index in [9.17, 15) is 43.9 Å². The molecule has 0 saturated carbocycles. The molecule has 0 aliphatic heterocycles. The summed E-state index contributed by atoms with van der Waals surface area (Å²) in [5, 5.41) is 0. The Bertz CT molecular complexity index is 346. The van der Waals surface area contributed by atoms with E-state index >= 15 is 0 Å². The minimum absolute atomic E-state index is 2.25. The van der Waals surface area contributed by atoms with Crippen molar-refractivity contribution in [2.45, 2.75) is 12.0 Å². The van der Waals surface area contributed by atoms with Crippen LogP contribution in [0.25, 0.3) is 0 Å². The lowest BCUT2D eigenvalue weighted by Crippen LogP contribution is -2.44. The van der Waals surface area contributed by atoms with Crippen LogP contribution in [0.15, 0.2) is 24.0 Å². The first-order valence-electron chi connectivity index (χ1n) is 3.30. The maximum Gasteiger partial charge on any atom is 0.468 e. The standard InChI is InChI=1S/C6F10O/c7-1(2(8)9)5(13,6(14,15)16)17-4(12)3(10)11. The Morgan fingerprint density at radius 2 is 1.12 bits per heavy atom. The summed E-state index contributed by atoms with van der Waals surface area (Å²) < 4.78 is 120. The van der Waals surface area contributed by atoms with E-state index in [1.165, 1.54) is 0 Å². The van der Waals surface area contributed by atoms with Gasteiger partial charge in [-0.25, -0.2) is 0 Å². The lowest BCUT2D eigenvalue weighted by atomic mass is 10.2. The highest BCUT2D eigenvalue weighted by Gasteiger charge is 2.65.